The third-order valence-electron chi connectivity index (χ3n) is 3.84. The van der Waals surface area contributed by atoms with Crippen LogP contribution < -0.4 is 4.74 Å². The fourth-order valence-corrected chi connectivity index (χ4v) is 3.00. The minimum atomic E-state index is -4.24. The predicted octanol–water partition coefficient (Wildman–Crippen LogP) is 3.32. The van der Waals surface area contributed by atoms with E-state index in [-0.39, 0.29) is 5.75 Å². The molecule has 6 nitrogen and oxygen atoms in total. The lowest BCUT2D eigenvalue weighted by Gasteiger charge is -2.16. The summed E-state index contributed by atoms with van der Waals surface area (Å²) in [5.74, 6) is 0.456. The smallest absolute Gasteiger partial charge is 0.334 e. The van der Waals surface area contributed by atoms with Crippen LogP contribution in [-0.2, 0) is 4.57 Å². The second-order valence-electron chi connectivity index (χ2n) is 5.54. The first-order valence-electron chi connectivity index (χ1n) is 7.05. The lowest BCUT2D eigenvalue weighted by Crippen LogP contribution is -2.01. The van der Waals surface area contributed by atoms with E-state index >= 15 is 0 Å². The summed E-state index contributed by atoms with van der Waals surface area (Å²) in [7, 11) is -2.76. The molecule has 1 atom stereocenters. The molecule has 3 N–H and O–H groups in total. The fourth-order valence-electron chi connectivity index (χ4n) is 2.41. The van der Waals surface area contributed by atoms with Gasteiger partial charge in [-0.05, 0) is 55.7 Å². The number of hydrogen-bond donors (Lipinski definition) is 3. The zero-order chi connectivity index (χ0) is 17.4. The summed E-state index contributed by atoms with van der Waals surface area (Å²) in [6.07, 6.45) is 1.57. The molecule has 23 heavy (non-hydrogen) atoms. The maximum absolute atomic E-state index is 11.4. The Labute approximate surface area is 134 Å². The fraction of sp³-hybridized carbons (Fsp3) is 0.312. The first kappa shape index (κ1) is 17.5. The molecule has 0 amide bonds. The number of aromatic hydroxyl groups is 1. The van der Waals surface area contributed by atoms with Crippen LogP contribution in [0.1, 0.15) is 29.4 Å². The topological polar surface area (TPSA) is 99.9 Å². The van der Waals surface area contributed by atoms with Crippen molar-refractivity contribution in [3.63, 3.8) is 0 Å². The van der Waals surface area contributed by atoms with Gasteiger partial charge in [0.1, 0.15) is 5.66 Å². The van der Waals surface area contributed by atoms with Crippen molar-refractivity contribution in [1.82, 2.24) is 4.98 Å². The van der Waals surface area contributed by atoms with Crippen LogP contribution in [0.25, 0.3) is 11.1 Å². The van der Waals surface area contributed by atoms with Crippen molar-refractivity contribution in [2.45, 2.75) is 26.4 Å². The Kier molecular flexibility index (Phi) is 4.80. The standard InChI is InChI=1S/C16H20NO5P/c1-9-5-13(8-17-15(9)11(3)23(19,20)21)12-6-10(2)16(18)14(7-12)22-4/h5-8,11,18H,1-4H3,(H2,19,20,21). The number of ether oxygens (including phenoxy) is 1. The average Bonchev–Trinajstić information content (AvgIpc) is 2.48. The summed E-state index contributed by atoms with van der Waals surface area (Å²) in [4.78, 5) is 22.9. The van der Waals surface area contributed by atoms with Crippen LogP contribution in [0, 0.1) is 13.8 Å². The normalized spacial score (nSPS) is 13.0. The van der Waals surface area contributed by atoms with Gasteiger partial charge in [0.25, 0.3) is 0 Å². The van der Waals surface area contributed by atoms with E-state index in [2.05, 4.69) is 4.98 Å². The van der Waals surface area contributed by atoms with E-state index in [0.29, 0.717) is 22.6 Å². The summed E-state index contributed by atoms with van der Waals surface area (Å²) in [5, 5.41) is 9.90. The number of aryl methyl sites for hydroxylation is 2. The van der Waals surface area contributed by atoms with Crippen LogP contribution in [0.2, 0.25) is 0 Å². The highest BCUT2D eigenvalue weighted by atomic mass is 31.2. The highest BCUT2D eigenvalue weighted by Crippen LogP contribution is 2.51. The highest BCUT2D eigenvalue weighted by Gasteiger charge is 2.28. The molecule has 0 bridgehead atoms. The first-order chi connectivity index (χ1) is 10.6. The van der Waals surface area contributed by atoms with Gasteiger partial charge in [0.15, 0.2) is 11.5 Å². The molecular formula is C16H20NO5P. The first-order valence-corrected chi connectivity index (χ1v) is 8.73. The van der Waals surface area contributed by atoms with E-state index < -0.39 is 13.3 Å². The van der Waals surface area contributed by atoms with Crippen LogP contribution in [0.4, 0.5) is 0 Å². The number of nitrogens with zero attached hydrogens (tertiary/aromatic N) is 1. The number of aromatic nitrogens is 1. The minimum absolute atomic E-state index is 0.0904. The van der Waals surface area contributed by atoms with Gasteiger partial charge in [-0.1, -0.05) is 0 Å². The molecule has 7 heteroatoms. The Bertz CT molecular complexity index is 784. The second kappa shape index (κ2) is 6.32. The third kappa shape index (κ3) is 3.55. The van der Waals surface area contributed by atoms with E-state index in [1.165, 1.54) is 14.0 Å². The summed E-state index contributed by atoms with van der Waals surface area (Å²) in [5.41, 5.74) is 2.39. The lowest BCUT2D eigenvalue weighted by atomic mass is 10.0. The Balaban J connectivity index is 2.49. The van der Waals surface area contributed by atoms with Gasteiger partial charge in [0, 0.05) is 11.8 Å². The molecule has 1 heterocycles. The van der Waals surface area contributed by atoms with Crippen molar-refractivity contribution >= 4 is 7.60 Å². The summed E-state index contributed by atoms with van der Waals surface area (Å²) in [6.45, 7) is 5.00. The van der Waals surface area contributed by atoms with Gasteiger partial charge in [0.2, 0.25) is 0 Å². The zero-order valence-corrected chi connectivity index (χ0v) is 14.3. The van der Waals surface area contributed by atoms with Crippen molar-refractivity contribution in [3.05, 3.63) is 41.2 Å². The molecule has 0 aliphatic rings. The summed E-state index contributed by atoms with van der Waals surface area (Å²) in [6, 6.07) is 5.32. The van der Waals surface area contributed by atoms with Crippen LogP contribution in [0.5, 0.6) is 11.5 Å². The monoisotopic (exact) mass is 337 g/mol. The molecular weight excluding hydrogens is 317 g/mol. The highest BCUT2D eigenvalue weighted by molar-refractivity contribution is 7.52. The minimum Gasteiger partial charge on any atom is -0.504 e. The molecule has 1 aromatic carbocycles. The molecule has 0 aliphatic heterocycles. The van der Waals surface area contributed by atoms with Gasteiger partial charge in [-0.15, -0.1) is 0 Å². The Hall–Kier alpha value is -1.88. The maximum atomic E-state index is 11.4. The van der Waals surface area contributed by atoms with Gasteiger partial charge in [-0.25, -0.2) is 0 Å². The van der Waals surface area contributed by atoms with Gasteiger partial charge in [0.05, 0.1) is 12.8 Å². The van der Waals surface area contributed by atoms with Crippen molar-refractivity contribution in [2.24, 2.45) is 0 Å². The molecule has 0 saturated carbocycles. The van der Waals surface area contributed by atoms with E-state index in [9.17, 15) is 19.5 Å². The molecule has 1 unspecified atom stereocenters. The number of phenolic OH excluding ortho intramolecular Hbond substituents is 1. The number of rotatable bonds is 4. The quantitative estimate of drug-likeness (QED) is 0.740. The van der Waals surface area contributed by atoms with E-state index in [1.807, 2.05) is 6.07 Å². The number of phenols is 1. The third-order valence-corrected chi connectivity index (χ3v) is 5.09. The SMILES string of the molecule is COc1cc(-c2cnc(C(C)P(=O)(O)O)c(C)c2)cc(C)c1O. The zero-order valence-electron chi connectivity index (χ0n) is 13.4. The molecule has 0 fully saturated rings. The van der Waals surface area contributed by atoms with E-state index in [4.69, 9.17) is 4.74 Å². The van der Waals surface area contributed by atoms with Crippen molar-refractivity contribution in [3.8, 4) is 22.6 Å². The second-order valence-corrected chi connectivity index (χ2v) is 7.49. The van der Waals surface area contributed by atoms with Gasteiger partial charge < -0.3 is 19.6 Å². The van der Waals surface area contributed by atoms with Crippen molar-refractivity contribution < 1.29 is 24.2 Å². The molecule has 0 aliphatic carbocycles. The van der Waals surface area contributed by atoms with Crippen molar-refractivity contribution in [2.75, 3.05) is 7.11 Å². The molecule has 1 aromatic heterocycles. The predicted molar refractivity (Wildman–Crippen MR) is 87.8 cm³/mol. The Morgan fingerprint density at radius 1 is 1.13 bits per heavy atom. The van der Waals surface area contributed by atoms with Crippen LogP contribution in [-0.4, -0.2) is 27.0 Å². The number of hydrogen-bond acceptors (Lipinski definition) is 4. The Morgan fingerprint density at radius 3 is 2.26 bits per heavy atom. The van der Waals surface area contributed by atoms with Crippen molar-refractivity contribution in [1.29, 1.82) is 0 Å². The molecule has 2 aromatic rings. The van der Waals surface area contributed by atoms with Gasteiger partial charge in [-0.3, -0.25) is 9.55 Å². The molecule has 2 rings (SSSR count). The van der Waals surface area contributed by atoms with Crippen LogP contribution in [0.15, 0.2) is 24.4 Å². The van der Waals surface area contributed by atoms with E-state index in [1.54, 1.807) is 32.2 Å². The van der Waals surface area contributed by atoms with Gasteiger partial charge >= 0.3 is 7.60 Å². The largest absolute Gasteiger partial charge is 0.504 e. The molecule has 0 radical (unpaired) electrons. The van der Waals surface area contributed by atoms with E-state index in [0.717, 1.165) is 11.1 Å². The molecule has 0 saturated heterocycles. The maximum Gasteiger partial charge on any atom is 0.334 e. The summed E-state index contributed by atoms with van der Waals surface area (Å²) >= 11 is 0. The molecule has 0 spiro atoms. The number of pyridine rings is 1. The van der Waals surface area contributed by atoms with Crippen LogP contribution in [0.3, 0.4) is 0 Å². The van der Waals surface area contributed by atoms with Gasteiger partial charge in [-0.2, -0.15) is 0 Å². The number of methoxy groups -OCH3 is 1. The number of benzene rings is 1. The molecule has 124 valence electrons. The average molecular weight is 337 g/mol. The summed E-state index contributed by atoms with van der Waals surface area (Å²) < 4.78 is 16.6. The van der Waals surface area contributed by atoms with Crippen LogP contribution >= 0.6 is 7.60 Å². The Morgan fingerprint density at radius 2 is 1.74 bits per heavy atom. The lowest BCUT2D eigenvalue weighted by molar-refractivity contribution is 0.360.